The van der Waals surface area contributed by atoms with Crippen molar-refractivity contribution in [1.82, 2.24) is 9.88 Å². The second kappa shape index (κ2) is 5.60. The highest BCUT2D eigenvalue weighted by atomic mass is 32.1. The van der Waals surface area contributed by atoms with Gasteiger partial charge in [-0.05, 0) is 44.2 Å². The third-order valence-electron chi connectivity index (χ3n) is 4.13. The minimum Gasteiger partial charge on any atom is -0.348 e. The molecule has 0 spiro atoms. The molecule has 0 aromatic carbocycles. The zero-order valence-electron chi connectivity index (χ0n) is 12.2. The molecule has 3 rings (SSSR count). The molecule has 0 radical (unpaired) electrons. The van der Waals surface area contributed by atoms with Crippen LogP contribution < -0.4 is 5.32 Å². The first kappa shape index (κ1) is 13.7. The summed E-state index contributed by atoms with van der Waals surface area (Å²) in [5, 5.41) is 6.49. The van der Waals surface area contributed by atoms with E-state index in [2.05, 4.69) is 35.2 Å². The topological polar surface area (TPSA) is 34.0 Å². The summed E-state index contributed by atoms with van der Waals surface area (Å²) in [6.07, 6.45) is 6.05. The Morgan fingerprint density at radius 3 is 2.80 bits per heavy atom. The number of amides is 1. The van der Waals surface area contributed by atoms with Crippen molar-refractivity contribution in [2.75, 3.05) is 0 Å². The number of thiophene rings is 1. The molecular formula is C16H22N2OS. The number of carbonyl (C=O) groups is 1. The van der Waals surface area contributed by atoms with E-state index >= 15 is 0 Å². The Balaban J connectivity index is 1.86. The second-order valence-corrected chi connectivity index (χ2v) is 6.88. The van der Waals surface area contributed by atoms with E-state index in [4.69, 9.17) is 0 Å². The van der Waals surface area contributed by atoms with Crippen LogP contribution in [-0.2, 0) is 0 Å². The zero-order chi connectivity index (χ0) is 14.1. The molecule has 2 aromatic heterocycles. The van der Waals surface area contributed by atoms with Crippen LogP contribution in [0.15, 0.2) is 17.5 Å². The molecule has 1 saturated carbocycles. The molecule has 2 aromatic rings. The molecule has 1 aliphatic rings. The average Bonchev–Trinajstić information content (AvgIpc) is 2.98. The Hall–Kier alpha value is -1.29. The number of carbonyl (C=O) groups excluding carboxylic acids is 1. The summed E-state index contributed by atoms with van der Waals surface area (Å²) < 4.78 is 2.16. The van der Waals surface area contributed by atoms with Crippen LogP contribution in [0.1, 0.15) is 62.5 Å². The Morgan fingerprint density at radius 1 is 1.35 bits per heavy atom. The number of nitrogens with zero attached hydrogens (tertiary/aromatic N) is 1. The summed E-state index contributed by atoms with van der Waals surface area (Å²) in [5.74, 6) is 0.0917. The monoisotopic (exact) mass is 290 g/mol. The first-order valence-corrected chi connectivity index (χ1v) is 8.44. The Bertz CT molecular complexity index is 605. The van der Waals surface area contributed by atoms with E-state index in [0.717, 1.165) is 18.5 Å². The molecule has 2 heterocycles. The molecule has 0 bridgehead atoms. The summed E-state index contributed by atoms with van der Waals surface area (Å²) in [7, 11) is 0. The standard InChI is InChI=1S/C16H22N2OS/c1-11(2)18-14(10-12-8-9-20-16(12)18)15(19)17-13-6-4-3-5-7-13/h8-11,13H,3-7H2,1-2H3,(H,17,19). The lowest BCUT2D eigenvalue weighted by Crippen LogP contribution is -2.37. The molecule has 108 valence electrons. The molecule has 3 nitrogen and oxygen atoms in total. The van der Waals surface area contributed by atoms with Gasteiger partial charge in [0.25, 0.3) is 5.91 Å². The molecule has 1 aliphatic carbocycles. The van der Waals surface area contributed by atoms with Crippen molar-refractivity contribution >= 4 is 27.5 Å². The van der Waals surface area contributed by atoms with Crippen molar-refractivity contribution in [2.24, 2.45) is 0 Å². The van der Waals surface area contributed by atoms with Crippen molar-refractivity contribution in [1.29, 1.82) is 0 Å². The van der Waals surface area contributed by atoms with Gasteiger partial charge in [0.05, 0.1) is 0 Å². The van der Waals surface area contributed by atoms with Crippen molar-refractivity contribution in [3.05, 3.63) is 23.2 Å². The molecule has 1 N–H and O–H groups in total. The van der Waals surface area contributed by atoms with Crippen LogP contribution in [0, 0.1) is 0 Å². The van der Waals surface area contributed by atoms with Crippen LogP contribution in [0.4, 0.5) is 0 Å². The summed E-state index contributed by atoms with van der Waals surface area (Å²) in [6.45, 7) is 4.27. The van der Waals surface area contributed by atoms with E-state index in [1.165, 1.54) is 29.5 Å². The van der Waals surface area contributed by atoms with Gasteiger partial charge in [0.2, 0.25) is 0 Å². The van der Waals surface area contributed by atoms with Crippen molar-refractivity contribution in [2.45, 2.75) is 58.0 Å². The second-order valence-electron chi connectivity index (χ2n) is 5.98. The van der Waals surface area contributed by atoms with Crippen LogP contribution >= 0.6 is 11.3 Å². The number of aromatic nitrogens is 1. The Kier molecular flexibility index (Phi) is 3.83. The van der Waals surface area contributed by atoms with E-state index in [1.807, 2.05) is 6.07 Å². The largest absolute Gasteiger partial charge is 0.348 e. The van der Waals surface area contributed by atoms with E-state index in [0.29, 0.717) is 12.1 Å². The van der Waals surface area contributed by atoms with Gasteiger partial charge in [0.15, 0.2) is 0 Å². The van der Waals surface area contributed by atoms with Crippen LogP contribution in [0.3, 0.4) is 0 Å². The number of nitrogens with one attached hydrogen (secondary N) is 1. The number of hydrogen-bond donors (Lipinski definition) is 1. The van der Waals surface area contributed by atoms with Gasteiger partial charge in [-0.25, -0.2) is 0 Å². The van der Waals surface area contributed by atoms with Crippen LogP contribution in [0.5, 0.6) is 0 Å². The summed E-state index contributed by atoms with van der Waals surface area (Å²) >= 11 is 1.71. The predicted octanol–water partition coefficient (Wildman–Crippen LogP) is 4.35. The van der Waals surface area contributed by atoms with Gasteiger partial charge < -0.3 is 9.88 Å². The lowest BCUT2D eigenvalue weighted by molar-refractivity contribution is 0.0917. The van der Waals surface area contributed by atoms with Gasteiger partial charge in [0, 0.05) is 17.5 Å². The van der Waals surface area contributed by atoms with Crippen LogP contribution in [0.25, 0.3) is 10.2 Å². The predicted molar refractivity (Wildman–Crippen MR) is 84.5 cm³/mol. The number of fused-ring (bicyclic) bond motifs is 1. The lowest BCUT2D eigenvalue weighted by Gasteiger charge is -2.23. The van der Waals surface area contributed by atoms with Crippen molar-refractivity contribution in [3.63, 3.8) is 0 Å². The number of rotatable bonds is 3. The normalized spacial score (nSPS) is 16.9. The molecule has 20 heavy (non-hydrogen) atoms. The first-order valence-electron chi connectivity index (χ1n) is 7.56. The molecule has 1 amide bonds. The van der Waals surface area contributed by atoms with Gasteiger partial charge in [-0.2, -0.15) is 0 Å². The van der Waals surface area contributed by atoms with Gasteiger partial charge in [-0.15, -0.1) is 11.3 Å². The maximum atomic E-state index is 12.6. The molecular weight excluding hydrogens is 268 g/mol. The quantitative estimate of drug-likeness (QED) is 0.896. The minimum atomic E-state index is 0.0917. The van der Waals surface area contributed by atoms with Crippen molar-refractivity contribution < 1.29 is 4.79 Å². The SMILES string of the molecule is CC(C)n1c(C(=O)NC2CCCCC2)cc2ccsc21. The van der Waals surface area contributed by atoms with Crippen molar-refractivity contribution in [3.8, 4) is 0 Å². The van der Waals surface area contributed by atoms with Gasteiger partial charge in [-0.1, -0.05) is 19.3 Å². The summed E-state index contributed by atoms with van der Waals surface area (Å²) in [5.41, 5.74) is 0.812. The lowest BCUT2D eigenvalue weighted by atomic mass is 9.95. The maximum absolute atomic E-state index is 12.6. The molecule has 0 saturated heterocycles. The molecule has 1 fully saturated rings. The summed E-state index contributed by atoms with van der Waals surface area (Å²) in [4.78, 5) is 13.8. The fourth-order valence-corrected chi connectivity index (χ4v) is 4.17. The van der Waals surface area contributed by atoms with E-state index < -0.39 is 0 Å². The minimum absolute atomic E-state index is 0.0917. The molecule has 0 unspecified atom stereocenters. The van der Waals surface area contributed by atoms with Gasteiger partial charge in [-0.3, -0.25) is 4.79 Å². The fraction of sp³-hybridized carbons (Fsp3) is 0.562. The third kappa shape index (κ3) is 2.49. The Labute approximate surface area is 124 Å². The fourth-order valence-electron chi connectivity index (χ4n) is 3.14. The van der Waals surface area contributed by atoms with E-state index in [1.54, 1.807) is 11.3 Å². The molecule has 4 heteroatoms. The van der Waals surface area contributed by atoms with Gasteiger partial charge >= 0.3 is 0 Å². The highest BCUT2D eigenvalue weighted by Crippen LogP contribution is 2.29. The van der Waals surface area contributed by atoms with Crippen LogP contribution in [0.2, 0.25) is 0 Å². The van der Waals surface area contributed by atoms with E-state index in [9.17, 15) is 4.79 Å². The van der Waals surface area contributed by atoms with E-state index in [-0.39, 0.29) is 5.91 Å². The molecule has 0 atom stereocenters. The average molecular weight is 290 g/mol. The number of hydrogen-bond acceptors (Lipinski definition) is 2. The zero-order valence-corrected chi connectivity index (χ0v) is 13.0. The first-order chi connectivity index (χ1) is 9.66. The van der Waals surface area contributed by atoms with Gasteiger partial charge in [0.1, 0.15) is 10.5 Å². The highest BCUT2D eigenvalue weighted by Gasteiger charge is 2.21. The smallest absolute Gasteiger partial charge is 0.268 e. The third-order valence-corrected chi connectivity index (χ3v) is 5.06. The highest BCUT2D eigenvalue weighted by molar-refractivity contribution is 7.16. The van der Waals surface area contributed by atoms with Crippen LogP contribution in [-0.4, -0.2) is 16.5 Å². The molecule has 0 aliphatic heterocycles. The maximum Gasteiger partial charge on any atom is 0.268 e. The Morgan fingerprint density at radius 2 is 2.10 bits per heavy atom. The summed E-state index contributed by atoms with van der Waals surface area (Å²) in [6, 6.07) is 4.79.